The van der Waals surface area contributed by atoms with Crippen molar-refractivity contribution in [3.8, 4) is 6.07 Å². The maximum atomic E-state index is 12.2. The summed E-state index contributed by atoms with van der Waals surface area (Å²) in [5.74, 6) is 0.185. The van der Waals surface area contributed by atoms with E-state index in [0.717, 1.165) is 24.9 Å². The van der Waals surface area contributed by atoms with Crippen LogP contribution in [-0.2, 0) is 11.3 Å². The van der Waals surface area contributed by atoms with Crippen LogP contribution in [0.5, 0.6) is 0 Å². The molecular formula is C20H20N4O2. The fourth-order valence-electron chi connectivity index (χ4n) is 2.96. The first-order chi connectivity index (χ1) is 12.6. The van der Waals surface area contributed by atoms with Crippen molar-refractivity contribution < 1.29 is 9.59 Å². The minimum absolute atomic E-state index is 0.185. The highest BCUT2D eigenvalue weighted by Gasteiger charge is 2.18. The number of hydrogen-bond donors (Lipinski definition) is 2. The van der Waals surface area contributed by atoms with Gasteiger partial charge in [0, 0.05) is 30.9 Å². The Morgan fingerprint density at radius 2 is 1.81 bits per heavy atom. The Hall–Kier alpha value is -3.33. The summed E-state index contributed by atoms with van der Waals surface area (Å²) in [5.41, 5.74) is 2.66. The van der Waals surface area contributed by atoms with E-state index in [9.17, 15) is 9.59 Å². The summed E-state index contributed by atoms with van der Waals surface area (Å²) in [6, 6.07) is 15.8. The monoisotopic (exact) mass is 348 g/mol. The van der Waals surface area contributed by atoms with Crippen molar-refractivity contribution in [1.82, 2.24) is 4.90 Å². The minimum Gasteiger partial charge on any atom is -0.338 e. The molecule has 26 heavy (non-hydrogen) atoms. The van der Waals surface area contributed by atoms with Gasteiger partial charge in [0.05, 0.1) is 11.6 Å². The summed E-state index contributed by atoms with van der Waals surface area (Å²) in [4.78, 5) is 26.0. The van der Waals surface area contributed by atoms with E-state index in [-0.39, 0.29) is 11.9 Å². The summed E-state index contributed by atoms with van der Waals surface area (Å²) in [7, 11) is 0. The zero-order valence-electron chi connectivity index (χ0n) is 14.4. The van der Waals surface area contributed by atoms with E-state index in [2.05, 4.69) is 10.6 Å². The zero-order valence-corrected chi connectivity index (χ0v) is 14.4. The van der Waals surface area contributed by atoms with Gasteiger partial charge in [-0.05, 0) is 48.7 Å². The molecule has 2 aromatic rings. The first kappa shape index (κ1) is 17.5. The third kappa shape index (κ3) is 4.61. The molecule has 2 N–H and O–H groups in total. The number of rotatable bonds is 4. The molecule has 0 aliphatic carbocycles. The van der Waals surface area contributed by atoms with Crippen molar-refractivity contribution in [3.05, 3.63) is 59.7 Å². The smallest absolute Gasteiger partial charge is 0.323 e. The molecule has 0 saturated carbocycles. The number of anilines is 2. The van der Waals surface area contributed by atoms with Crippen molar-refractivity contribution in [1.29, 1.82) is 5.26 Å². The lowest BCUT2D eigenvalue weighted by molar-refractivity contribution is -0.133. The van der Waals surface area contributed by atoms with Crippen LogP contribution in [0, 0.1) is 11.3 Å². The van der Waals surface area contributed by atoms with Gasteiger partial charge in [0.15, 0.2) is 0 Å². The van der Waals surface area contributed by atoms with Crippen LogP contribution in [0.3, 0.4) is 0 Å². The lowest BCUT2D eigenvalue weighted by Crippen LogP contribution is -2.34. The molecular weight excluding hydrogens is 328 g/mol. The van der Waals surface area contributed by atoms with Crippen LogP contribution >= 0.6 is 0 Å². The van der Waals surface area contributed by atoms with Gasteiger partial charge >= 0.3 is 6.03 Å². The van der Waals surface area contributed by atoms with E-state index in [1.165, 1.54) is 0 Å². The first-order valence-electron chi connectivity index (χ1n) is 8.59. The summed E-state index contributed by atoms with van der Waals surface area (Å²) < 4.78 is 0. The Morgan fingerprint density at radius 3 is 2.54 bits per heavy atom. The number of benzene rings is 2. The SMILES string of the molecule is N#Cc1cccc(NC(=O)Nc2cccc(CN3CCCCC3=O)c2)c1. The molecule has 132 valence electrons. The van der Waals surface area contributed by atoms with Gasteiger partial charge < -0.3 is 15.5 Å². The van der Waals surface area contributed by atoms with Crippen LogP contribution in [0.15, 0.2) is 48.5 Å². The van der Waals surface area contributed by atoms with Crippen molar-refractivity contribution in [2.24, 2.45) is 0 Å². The van der Waals surface area contributed by atoms with E-state index in [4.69, 9.17) is 5.26 Å². The second-order valence-corrected chi connectivity index (χ2v) is 6.24. The molecule has 0 radical (unpaired) electrons. The fourth-order valence-corrected chi connectivity index (χ4v) is 2.96. The summed E-state index contributed by atoms with van der Waals surface area (Å²) in [6.07, 6.45) is 2.61. The number of piperidine rings is 1. The van der Waals surface area contributed by atoms with E-state index in [1.807, 2.05) is 29.2 Å². The second kappa shape index (κ2) is 8.17. The number of likely N-dealkylation sites (tertiary alicyclic amines) is 1. The maximum Gasteiger partial charge on any atom is 0.323 e. The number of nitriles is 1. The van der Waals surface area contributed by atoms with Crippen LogP contribution in [0.2, 0.25) is 0 Å². The number of amides is 3. The molecule has 1 heterocycles. The highest BCUT2D eigenvalue weighted by atomic mass is 16.2. The van der Waals surface area contributed by atoms with Crippen molar-refractivity contribution >= 4 is 23.3 Å². The number of carbonyl (C=O) groups is 2. The lowest BCUT2D eigenvalue weighted by atomic mass is 10.1. The highest BCUT2D eigenvalue weighted by Crippen LogP contribution is 2.17. The van der Waals surface area contributed by atoms with E-state index < -0.39 is 0 Å². The number of hydrogen-bond acceptors (Lipinski definition) is 3. The van der Waals surface area contributed by atoms with Crippen LogP contribution in [0.1, 0.15) is 30.4 Å². The molecule has 0 spiro atoms. The predicted octanol–water partition coefficient (Wildman–Crippen LogP) is 3.71. The van der Waals surface area contributed by atoms with Crippen LogP contribution in [0.25, 0.3) is 0 Å². The van der Waals surface area contributed by atoms with Crippen LogP contribution in [-0.4, -0.2) is 23.4 Å². The average Bonchev–Trinajstić information content (AvgIpc) is 2.64. The standard InChI is InChI=1S/C20H20N4O2/c21-13-15-5-3-7-17(11-15)22-20(26)23-18-8-4-6-16(12-18)14-24-10-2-1-9-19(24)25/h3-8,11-12H,1-2,9-10,14H2,(H2,22,23,26). The number of nitrogens with one attached hydrogen (secondary N) is 2. The normalized spacial score (nSPS) is 13.8. The van der Waals surface area contributed by atoms with Gasteiger partial charge in [-0.3, -0.25) is 4.79 Å². The van der Waals surface area contributed by atoms with Crippen molar-refractivity contribution in [3.63, 3.8) is 0 Å². The van der Waals surface area contributed by atoms with Gasteiger partial charge in [0.2, 0.25) is 5.91 Å². The minimum atomic E-state index is -0.383. The van der Waals surface area contributed by atoms with Gasteiger partial charge in [-0.1, -0.05) is 18.2 Å². The molecule has 1 aliphatic rings. The van der Waals surface area contributed by atoms with Crippen LogP contribution < -0.4 is 10.6 Å². The summed E-state index contributed by atoms with van der Waals surface area (Å²) >= 11 is 0. The van der Waals surface area contributed by atoms with E-state index in [0.29, 0.717) is 29.9 Å². The highest BCUT2D eigenvalue weighted by molar-refractivity contribution is 5.99. The Labute approximate surface area is 152 Å². The van der Waals surface area contributed by atoms with E-state index in [1.54, 1.807) is 30.3 Å². The lowest BCUT2D eigenvalue weighted by Gasteiger charge is -2.26. The van der Waals surface area contributed by atoms with Crippen LogP contribution in [0.4, 0.5) is 16.2 Å². The molecule has 0 bridgehead atoms. The molecule has 0 unspecified atom stereocenters. The van der Waals surface area contributed by atoms with Gasteiger partial charge in [0.25, 0.3) is 0 Å². The summed E-state index contributed by atoms with van der Waals surface area (Å²) in [6.45, 7) is 1.34. The van der Waals surface area contributed by atoms with Gasteiger partial charge in [-0.25, -0.2) is 4.79 Å². The largest absolute Gasteiger partial charge is 0.338 e. The summed E-state index contributed by atoms with van der Waals surface area (Å²) in [5, 5.41) is 14.4. The Bertz CT molecular complexity index is 857. The Kier molecular flexibility index (Phi) is 5.49. The van der Waals surface area contributed by atoms with Gasteiger partial charge in [0.1, 0.15) is 0 Å². The molecule has 0 aromatic heterocycles. The molecule has 6 nitrogen and oxygen atoms in total. The fraction of sp³-hybridized carbons (Fsp3) is 0.250. The maximum absolute atomic E-state index is 12.2. The molecule has 1 aliphatic heterocycles. The molecule has 6 heteroatoms. The molecule has 1 saturated heterocycles. The predicted molar refractivity (Wildman–Crippen MR) is 99.5 cm³/mol. The molecule has 3 rings (SSSR count). The second-order valence-electron chi connectivity index (χ2n) is 6.24. The number of nitrogens with zero attached hydrogens (tertiary/aromatic N) is 2. The van der Waals surface area contributed by atoms with Crippen molar-refractivity contribution in [2.45, 2.75) is 25.8 Å². The van der Waals surface area contributed by atoms with Crippen molar-refractivity contribution in [2.75, 3.05) is 17.2 Å². The molecule has 2 aromatic carbocycles. The topological polar surface area (TPSA) is 85.2 Å². The average molecular weight is 348 g/mol. The Balaban J connectivity index is 1.61. The first-order valence-corrected chi connectivity index (χ1v) is 8.59. The molecule has 0 atom stereocenters. The quantitative estimate of drug-likeness (QED) is 0.883. The number of carbonyl (C=O) groups excluding carboxylic acids is 2. The zero-order chi connectivity index (χ0) is 18.4. The van der Waals surface area contributed by atoms with Gasteiger partial charge in [-0.15, -0.1) is 0 Å². The molecule has 1 fully saturated rings. The Morgan fingerprint density at radius 1 is 1.08 bits per heavy atom. The third-order valence-electron chi connectivity index (χ3n) is 4.23. The van der Waals surface area contributed by atoms with Gasteiger partial charge in [-0.2, -0.15) is 5.26 Å². The third-order valence-corrected chi connectivity index (χ3v) is 4.23. The molecule has 3 amide bonds. The van der Waals surface area contributed by atoms with E-state index >= 15 is 0 Å². The number of urea groups is 1.